The zero-order valence-electron chi connectivity index (χ0n) is 17.8. The van der Waals surface area contributed by atoms with Gasteiger partial charge in [-0.15, -0.1) is 0 Å². The van der Waals surface area contributed by atoms with Crippen LogP contribution in [0.2, 0.25) is 0 Å². The van der Waals surface area contributed by atoms with E-state index >= 15 is 0 Å². The van der Waals surface area contributed by atoms with Gasteiger partial charge in [0.05, 0.1) is 0 Å². The zero-order chi connectivity index (χ0) is 22.6. The number of ketones is 1. The van der Waals surface area contributed by atoms with Crippen LogP contribution in [0.1, 0.15) is 23.1 Å². The van der Waals surface area contributed by atoms with Gasteiger partial charge >= 0.3 is 0 Å². The maximum absolute atomic E-state index is 12.0. The summed E-state index contributed by atoms with van der Waals surface area (Å²) in [7, 11) is -3.43. The highest BCUT2D eigenvalue weighted by Crippen LogP contribution is 2.25. The first-order valence-corrected chi connectivity index (χ1v) is 11.5. The Bertz CT molecular complexity index is 1110. The van der Waals surface area contributed by atoms with Crippen LogP contribution in [0.4, 0.5) is 17.5 Å². The van der Waals surface area contributed by atoms with Crippen molar-refractivity contribution in [2.75, 3.05) is 23.7 Å². The molecule has 0 saturated carbocycles. The van der Waals surface area contributed by atoms with Crippen molar-refractivity contribution in [1.82, 2.24) is 14.3 Å². The van der Waals surface area contributed by atoms with E-state index in [1.54, 1.807) is 6.20 Å². The van der Waals surface area contributed by atoms with Gasteiger partial charge in [0, 0.05) is 48.4 Å². The fourth-order valence-electron chi connectivity index (χ4n) is 3.38. The number of carbonyl (C=O) groups excluding carboxylic acids is 1. The first-order chi connectivity index (χ1) is 14.7. The molecule has 164 valence electrons. The number of hydrogen-bond acceptors (Lipinski definition) is 7. The number of anilines is 3. The summed E-state index contributed by atoms with van der Waals surface area (Å²) in [5.41, 5.74) is 3.55. The van der Waals surface area contributed by atoms with E-state index < -0.39 is 10.0 Å². The first kappa shape index (κ1) is 22.6. The molecule has 1 saturated heterocycles. The summed E-state index contributed by atoms with van der Waals surface area (Å²) in [6, 6.07) is 5.76. The summed E-state index contributed by atoms with van der Waals surface area (Å²) in [6.07, 6.45) is 3.92. The molecule has 0 amide bonds. The molecule has 1 aliphatic heterocycles. The topological polar surface area (TPSA) is 104 Å². The SMILES string of the molecule is C=CC(=O)Cc1cc(C)ccc1Nc1nc(NC2CCN(S(=O)(=O)C=C)C2)ncc1C. The van der Waals surface area contributed by atoms with Gasteiger partial charge < -0.3 is 10.6 Å². The normalized spacial score (nSPS) is 16.6. The van der Waals surface area contributed by atoms with Gasteiger partial charge in [-0.2, -0.15) is 9.29 Å². The van der Waals surface area contributed by atoms with E-state index in [0.29, 0.717) is 31.3 Å². The van der Waals surface area contributed by atoms with Crippen molar-refractivity contribution in [2.24, 2.45) is 0 Å². The van der Waals surface area contributed by atoms with E-state index in [4.69, 9.17) is 0 Å². The Kier molecular flexibility index (Phi) is 6.87. The number of sulfonamides is 1. The lowest BCUT2D eigenvalue weighted by Crippen LogP contribution is -2.30. The average Bonchev–Trinajstić information content (AvgIpc) is 3.21. The molecule has 0 spiro atoms. The molecule has 1 atom stereocenters. The third-order valence-corrected chi connectivity index (χ3v) is 6.61. The Morgan fingerprint density at radius 3 is 2.81 bits per heavy atom. The number of nitrogens with zero attached hydrogens (tertiary/aromatic N) is 3. The Morgan fingerprint density at radius 1 is 1.32 bits per heavy atom. The van der Waals surface area contributed by atoms with Crippen LogP contribution in [-0.2, 0) is 21.2 Å². The van der Waals surface area contributed by atoms with Gasteiger partial charge in [-0.05, 0) is 38.0 Å². The predicted octanol–water partition coefficient (Wildman–Crippen LogP) is 3.09. The minimum atomic E-state index is -3.43. The van der Waals surface area contributed by atoms with Crippen LogP contribution in [0.5, 0.6) is 0 Å². The van der Waals surface area contributed by atoms with E-state index in [-0.39, 0.29) is 18.2 Å². The number of aryl methyl sites for hydroxylation is 2. The molecule has 1 aliphatic rings. The number of nitrogens with one attached hydrogen (secondary N) is 2. The van der Waals surface area contributed by atoms with Crippen molar-refractivity contribution in [2.45, 2.75) is 32.7 Å². The van der Waals surface area contributed by atoms with Crippen molar-refractivity contribution >= 4 is 33.3 Å². The highest BCUT2D eigenvalue weighted by molar-refractivity contribution is 7.92. The summed E-state index contributed by atoms with van der Waals surface area (Å²) in [4.78, 5) is 20.8. The Morgan fingerprint density at radius 2 is 2.10 bits per heavy atom. The quantitative estimate of drug-likeness (QED) is 0.576. The molecule has 1 aromatic heterocycles. The maximum atomic E-state index is 12.0. The van der Waals surface area contributed by atoms with Crippen molar-refractivity contribution in [3.63, 3.8) is 0 Å². The standard InChI is InChI=1S/C22H27N5O3S/c1-5-19(28)12-17-11-15(3)7-8-20(17)25-21-16(4)13-23-22(26-21)24-18-9-10-27(14-18)31(29,30)6-2/h5-8,11,13,18H,1-2,9-10,12,14H2,3-4H3,(H2,23,24,25,26). The van der Waals surface area contributed by atoms with Gasteiger partial charge in [0.15, 0.2) is 5.78 Å². The van der Waals surface area contributed by atoms with Gasteiger partial charge in [-0.3, -0.25) is 4.79 Å². The average molecular weight is 442 g/mol. The third kappa shape index (κ3) is 5.56. The van der Waals surface area contributed by atoms with Crippen LogP contribution in [0.3, 0.4) is 0 Å². The van der Waals surface area contributed by atoms with Crippen LogP contribution in [0.25, 0.3) is 0 Å². The van der Waals surface area contributed by atoms with Crippen LogP contribution in [0, 0.1) is 13.8 Å². The largest absolute Gasteiger partial charge is 0.350 e. The monoisotopic (exact) mass is 441 g/mol. The van der Waals surface area contributed by atoms with Gasteiger partial charge in [0.1, 0.15) is 5.82 Å². The van der Waals surface area contributed by atoms with Crippen LogP contribution >= 0.6 is 0 Å². The molecule has 1 unspecified atom stereocenters. The lowest BCUT2D eigenvalue weighted by atomic mass is 10.0. The van der Waals surface area contributed by atoms with E-state index in [9.17, 15) is 13.2 Å². The van der Waals surface area contributed by atoms with Gasteiger partial charge in [-0.25, -0.2) is 13.4 Å². The molecule has 2 aromatic rings. The van der Waals surface area contributed by atoms with Gasteiger partial charge in [0.2, 0.25) is 16.0 Å². The highest BCUT2D eigenvalue weighted by atomic mass is 32.2. The van der Waals surface area contributed by atoms with Crippen molar-refractivity contribution < 1.29 is 13.2 Å². The maximum Gasteiger partial charge on any atom is 0.235 e. The van der Waals surface area contributed by atoms with Crippen molar-refractivity contribution in [3.05, 3.63) is 65.7 Å². The minimum Gasteiger partial charge on any atom is -0.350 e. The number of hydrogen-bond donors (Lipinski definition) is 2. The summed E-state index contributed by atoms with van der Waals surface area (Å²) in [5.74, 6) is 0.963. The summed E-state index contributed by atoms with van der Waals surface area (Å²) in [5, 5.41) is 7.49. The van der Waals surface area contributed by atoms with Crippen molar-refractivity contribution in [1.29, 1.82) is 0 Å². The molecule has 2 heterocycles. The summed E-state index contributed by atoms with van der Waals surface area (Å²) in [6.45, 7) is 11.5. The van der Waals surface area contributed by atoms with Gasteiger partial charge in [-0.1, -0.05) is 30.9 Å². The smallest absolute Gasteiger partial charge is 0.235 e. The number of allylic oxidation sites excluding steroid dienone is 1. The number of aromatic nitrogens is 2. The molecule has 0 aliphatic carbocycles. The molecule has 0 radical (unpaired) electrons. The predicted molar refractivity (Wildman–Crippen MR) is 123 cm³/mol. The molecule has 0 bridgehead atoms. The Balaban J connectivity index is 1.78. The molecule has 1 fully saturated rings. The molecular weight excluding hydrogens is 414 g/mol. The second-order valence-electron chi connectivity index (χ2n) is 7.56. The van der Waals surface area contributed by atoms with Crippen molar-refractivity contribution in [3.8, 4) is 0 Å². The van der Waals surface area contributed by atoms with E-state index in [0.717, 1.165) is 27.8 Å². The number of carbonyl (C=O) groups is 1. The van der Waals surface area contributed by atoms with E-state index in [2.05, 4.69) is 33.8 Å². The Labute approximate surface area is 183 Å². The molecule has 1 aromatic carbocycles. The molecule has 3 rings (SSSR count). The fraction of sp³-hybridized carbons (Fsp3) is 0.318. The molecule has 9 heteroatoms. The molecule has 8 nitrogen and oxygen atoms in total. The van der Waals surface area contributed by atoms with Crippen LogP contribution in [0.15, 0.2) is 49.0 Å². The van der Waals surface area contributed by atoms with Gasteiger partial charge in [0.25, 0.3) is 0 Å². The first-order valence-electron chi connectivity index (χ1n) is 9.96. The van der Waals surface area contributed by atoms with Crippen LogP contribution in [-0.4, -0.2) is 47.6 Å². The molecular formula is C22H27N5O3S. The molecule has 2 N–H and O–H groups in total. The van der Waals surface area contributed by atoms with Crippen LogP contribution < -0.4 is 10.6 Å². The lowest BCUT2D eigenvalue weighted by molar-refractivity contribution is -0.114. The minimum absolute atomic E-state index is 0.0596. The number of benzene rings is 1. The van der Waals surface area contributed by atoms with E-state index in [1.165, 1.54) is 10.4 Å². The fourth-order valence-corrected chi connectivity index (χ4v) is 4.34. The second kappa shape index (κ2) is 9.40. The number of rotatable bonds is 9. The zero-order valence-corrected chi connectivity index (χ0v) is 18.6. The highest BCUT2D eigenvalue weighted by Gasteiger charge is 2.30. The summed E-state index contributed by atoms with van der Waals surface area (Å²) < 4.78 is 25.3. The molecule has 31 heavy (non-hydrogen) atoms. The van der Waals surface area contributed by atoms with E-state index in [1.807, 2.05) is 32.0 Å². The second-order valence-corrected chi connectivity index (χ2v) is 9.44. The Hall–Kier alpha value is -3.04. The lowest BCUT2D eigenvalue weighted by Gasteiger charge is -2.17. The third-order valence-electron chi connectivity index (χ3n) is 5.13. The summed E-state index contributed by atoms with van der Waals surface area (Å²) >= 11 is 0.